The smallest absolute Gasteiger partial charge is 0.271 e. The van der Waals surface area contributed by atoms with Gasteiger partial charge in [-0.2, -0.15) is 5.26 Å². The Morgan fingerprint density at radius 1 is 1.31 bits per heavy atom. The molecule has 1 aromatic heterocycles. The summed E-state index contributed by atoms with van der Waals surface area (Å²) in [5, 5.41) is 24.0. The van der Waals surface area contributed by atoms with E-state index in [4.69, 9.17) is 11.6 Å². The fourth-order valence-corrected chi connectivity index (χ4v) is 3.16. The Bertz CT molecular complexity index is 1190. The predicted octanol–water partition coefficient (Wildman–Crippen LogP) is 5.33. The molecule has 0 atom stereocenters. The Hall–Kier alpha value is -3.63. The van der Waals surface area contributed by atoms with Gasteiger partial charge in [0.1, 0.15) is 11.6 Å². The van der Waals surface area contributed by atoms with Gasteiger partial charge in [-0.05, 0) is 32.1 Å². The topological polar surface area (TPSA) is 101 Å². The van der Waals surface area contributed by atoms with Crippen LogP contribution in [0.3, 0.4) is 0 Å². The molecule has 29 heavy (non-hydrogen) atoms. The van der Waals surface area contributed by atoms with E-state index in [1.807, 2.05) is 50.4 Å². The van der Waals surface area contributed by atoms with Crippen molar-refractivity contribution in [2.24, 2.45) is 0 Å². The lowest BCUT2D eigenvalue weighted by Gasteiger charge is -2.08. The maximum Gasteiger partial charge on any atom is 0.271 e. The highest BCUT2D eigenvalue weighted by molar-refractivity contribution is 6.34. The number of carbonyl (C=O) groups is 1. The molecule has 7 nitrogen and oxygen atoms in total. The van der Waals surface area contributed by atoms with Crippen LogP contribution in [0.4, 0.5) is 11.4 Å². The second-order valence-corrected chi connectivity index (χ2v) is 7.06. The van der Waals surface area contributed by atoms with Crippen molar-refractivity contribution >= 4 is 45.9 Å². The molecule has 2 aromatic carbocycles. The van der Waals surface area contributed by atoms with E-state index in [2.05, 4.69) is 9.88 Å². The number of amides is 1. The van der Waals surface area contributed by atoms with Crippen molar-refractivity contribution in [3.8, 4) is 6.07 Å². The number of nitro groups is 1. The van der Waals surface area contributed by atoms with Crippen LogP contribution in [0.15, 0.2) is 54.2 Å². The molecule has 3 aromatic rings. The van der Waals surface area contributed by atoms with Gasteiger partial charge < -0.3 is 9.88 Å². The third kappa shape index (κ3) is 4.13. The van der Waals surface area contributed by atoms with Gasteiger partial charge in [-0.3, -0.25) is 14.9 Å². The highest BCUT2D eigenvalue weighted by Gasteiger charge is 2.16. The molecule has 0 saturated heterocycles. The van der Waals surface area contributed by atoms with E-state index >= 15 is 0 Å². The first-order valence-corrected chi connectivity index (χ1v) is 9.16. The van der Waals surface area contributed by atoms with Gasteiger partial charge in [0.25, 0.3) is 11.6 Å². The van der Waals surface area contributed by atoms with Crippen LogP contribution in [0.5, 0.6) is 0 Å². The molecule has 8 heteroatoms. The van der Waals surface area contributed by atoms with Gasteiger partial charge in [0.15, 0.2) is 0 Å². The van der Waals surface area contributed by atoms with Crippen LogP contribution in [0, 0.1) is 21.4 Å². The number of fused-ring (bicyclic) bond motifs is 1. The SMILES string of the molecule is CC(C)n1cc(C=C(C#N)C(=O)Nc2cc([N+](=O)[O-])ccc2Cl)c2ccccc21. The van der Waals surface area contributed by atoms with Gasteiger partial charge in [0.2, 0.25) is 0 Å². The van der Waals surface area contributed by atoms with Crippen LogP contribution in [0.1, 0.15) is 25.5 Å². The first kappa shape index (κ1) is 20.1. The lowest BCUT2D eigenvalue weighted by atomic mass is 10.1. The molecule has 146 valence electrons. The summed E-state index contributed by atoms with van der Waals surface area (Å²) in [6.45, 7) is 4.09. The number of hydrogen-bond acceptors (Lipinski definition) is 4. The lowest BCUT2D eigenvalue weighted by molar-refractivity contribution is -0.384. The van der Waals surface area contributed by atoms with E-state index < -0.39 is 10.8 Å². The zero-order valence-electron chi connectivity index (χ0n) is 15.7. The van der Waals surface area contributed by atoms with E-state index in [0.717, 1.165) is 22.5 Å². The molecule has 0 bridgehead atoms. The van der Waals surface area contributed by atoms with Crippen LogP contribution < -0.4 is 5.32 Å². The molecule has 0 aliphatic carbocycles. The highest BCUT2D eigenvalue weighted by Crippen LogP contribution is 2.29. The molecule has 1 heterocycles. The number of rotatable bonds is 5. The summed E-state index contributed by atoms with van der Waals surface area (Å²) in [7, 11) is 0. The number of anilines is 1. The van der Waals surface area contributed by atoms with Crippen molar-refractivity contribution < 1.29 is 9.72 Å². The molecule has 0 radical (unpaired) electrons. The average molecular weight is 409 g/mol. The van der Waals surface area contributed by atoms with Crippen molar-refractivity contribution in [1.29, 1.82) is 5.26 Å². The van der Waals surface area contributed by atoms with E-state index in [1.165, 1.54) is 18.2 Å². The number of hydrogen-bond donors (Lipinski definition) is 1. The maximum absolute atomic E-state index is 12.6. The molecule has 0 fully saturated rings. The molecule has 0 unspecified atom stereocenters. The number of halogens is 1. The molecule has 1 amide bonds. The summed E-state index contributed by atoms with van der Waals surface area (Å²) >= 11 is 6.03. The third-order valence-electron chi connectivity index (χ3n) is 4.40. The quantitative estimate of drug-likeness (QED) is 0.267. The Morgan fingerprint density at radius 3 is 2.69 bits per heavy atom. The van der Waals surface area contributed by atoms with Gasteiger partial charge in [-0.25, -0.2) is 0 Å². The molecule has 0 aliphatic heterocycles. The zero-order valence-corrected chi connectivity index (χ0v) is 16.5. The number of aromatic nitrogens is 1. The normalized spacial score (nSPS) is 11.5. The van der Waals surface area contributed by atoms with Crippen LogP contribution >= 0.6 is 11.6 Å². The lowest BCUT2D eigenvalue weighted by Crippen LogP contribution is -2.14. The molecule has 0 aliphatic rings. The Balaban J connectivity index is 1.99. The fraction of sp³-hybridized carbons (Fsp3) is 0.143. The highest BCUT2D eigenvalue weighted by atomic mass is 35.5. The molecular weight excluding hydrogens is 392 g/mol. The van der Waals surface area contributed by atoms with Crippen LogP contribution in [0.25, 0.3) is 17.0 Å². The van der Waals surface area contributed by atoms with E-state index in [0.29, 0.717) is 0 Å². The predicted molar refractivity (Wildman–Crippen MR) is 113 cm³/mol. The Labute approximate surface area is 172 Å². The summed E-state index contributed by atoms with van der Waals surface area (Å²) in [4.78, 5) is 23.0. The van der Waals surface area contributed by atoms with Gasteiger partial charge in [0.05, 0.1) is 15.6 Å². The van der Waals surface area contributed by atoms with E-state index in [1.54, 1.807) is 0 Å². The minimum atomic E-state index is -0.698. The Kier molecular flexibility index (Phi) is 5.66. The summed E-state index contributed by atoms with van der Waals surface area (Å²) in [6.07, 6.45) is 3.39. The van der Waals surface area contributed by atoms with E-state index in [9.17, 15) is 20.2 Å². The summed E-state index contributed by atoms with van der Waals surface area (Å²) in [6, 6.07) is 13.5. The minimum Gasteiger partial charge on any atom is -0.344 e. The van der Waals surface area contributed by atoms with Gasteiger partial charge in [-0.1, -0.05) is 29.8 Å². The van der Waals surface area contributed by atoms with Crippen molar-refractivity contribution in [1.82, 2.24) is 4.57 Å². The van der Waals surface area contributed by atoms with Crippen molar-refractivity contribution in [2.75, 3.05) is 5.32 Å². The second kappa shape index (κ2) is 8.17. The average Bonchev–Trinajstić information content (AvgIpc) is 3.06. The number of non-ortho nitro benzene ring substituents is 1. The molecule has 0 spiro atoms. The van der Waals surface area contributed by atoms with Crippen molar-refractivity contribution in [3.63, 3.8) is 0 Å². The molecule has 1 N–H and O–H groups in total. The summed E-state index contributed by atoms with van der Waals surface area (Å²) in [5.74, 6) is -0.698. The number of para-hydroxylation sites is 1. The molecule has 0 saturated carbocycles. The number of nitrogens with zero attached hydrogens (tertiary/aromatic N) is 3. The number of nitrogens with one attached hydrogen (secondary N) is 1. The van der Waals surface area contributed by atoms with E-state index in [-0.39, 0.29) is 28.0 Å². The molecule has 3 rings (SSSR count). The van der Waals surface area contributed by atoms with Gasteiger partial charge >= 0.3 is 0 Å². The number of carbonyl (C=O) groups excluding carboxylic acids is 1. The maximum atomic E-state index is 12.6. The molecular formula is C21H17ClN4O3. The largest absolute Gasteiger partial charge is 0.344 e. The number of nitriles is 1. The van der Waals surface area contributed by atoms with Crippen molar-refractivity contribution in [2.45, 2.75) is 19.9 Å². The number of nitro benzene ring substituents is 1. The van der Waals surface area contributed by atoms with Crippen LogP contribution in [-0.4, -0.2) is 15.4 Å². The Morgan fingerprint density at radius 2 is 2.03 bits per heavy atom. The minimum absolute atomic E-state index is 0.0663. The first-order valence-electron chi connectivity index (χ1n) is 8.78. The monoisotopic (exact) mass is 408 g/mol. The summed E-state index contributed by atoms with van der Waals surface area (Å²) in [5.41, 5.74) is 1.43. The van der Waals surface area contributed by atoms with Crippen LogP contribution in [-0.2, 0) is 4.79 Å². The standard InChI is InChI=1S/C21H17ClN4O3/c1-13(2)25-12-15(17-5-3-4-6-20(17)25)9-14(11-23)21(27)24-19-10-16(26(28)29)7-8-18(19)22/h3-10,12-13H,1-2H3,(H,24,27). The fourth-order valence-electron chi connectivity index (χ4n) is 2.99. The van der Waals surface area contributed by atoms with Gasteiger partial charge in [-0.15, -0.1) is 0 Å². The van der Waals surface area contributed by atoms with Gasteiger partial charge in [0, 0.05) is 40.8 Å². The first-order chi connectivity index (χ1) is 13.8. The third-order valence-corrected chi connectivity index (χ3v) is 4.73. The summed E-state index contributed by atoms with van der Waals surface area (Å²) < 4.78 is 2.06. The van der Waals surface area contributed by atoms with Crippen LogP contribution in [0.2, 0.25) is 5.02 Å². The second-order valence-electron chi connectivity index (χ2n) is 6.65. The zero-order chi connectivity index (χ0) is 21.1. The van der Waals surface area contributed by atoms with Crippen molar-refractivity contribution in [3.05, 3.63) is 74.9 Å². The number of benzene rings is 2.